The fourth-order valence-electron chi connectivity index (χ4n) is 3.52. The van der Waals surface area contributed by atoms with Crippen molar-refractivity contribution < 1.29 is 4.79 Å². The van der Waals surface area contributed by atoms with Gasteiger partial charge in [0.15, 0.2) is 5.16 Å². The summed E-state index contributed by atoms with van der Waals surface area (Å²) in [6.07, 6.45) is 1.69. The van der Waals surface area contributed by atoms with Crippen molar-refractivity contribution in [1.82, 2.24) is 20.0 Å². The minimum absolute atomic E-state index is 0.123. The van der Waals surface area contributed by atoms with Crippen molar-refractivity contribution in [1.29, 1.82) is 0 Å². The van der Waals surface area contributed by atoms with Gasteiger partial charge in [-0.1, -0.05) is 44.7 Å². The van der Waals surface area contributed by atoms with Crippen molar-refractivity contribution in [3.8, 4) is 5.69 Å². The molecule has 2 heterocycles. The third-order valence-electron chi connectivity index (χ3n) is 5.15. The molecule has 7 heteroatoms. The molecule has 1 amide bonds. The highest BCUT2D eigenvalue weighted by Gasteiger charge is 2.15. The molecule has 3 rings (SSSR count). The van der Waals surface area contributed by atoms with Gasteiger partial charge in [-0.25, -0.2) is 15.4 Å². The van der Waals surface area contributed by atoms with Crippen molar-refractivity contribution >= 4 is 23.9 Å². The molecule has 0 bridgehead atoms. The Bertz CT molecular complexity index is 1120. The first-order valence-electron chi connectivity index (χ1n) is 10.6. The van der Waals surface area contributed by atoms with Gasteiger partial charge >= 0.3 is 0 Å². The molecule has 0 aliphatic carbocycles. The Labute approximate surface area is 194 Å². The zero-order valence-electron chi connectivity index (χ0n) is 19.9. The number of rotatable bonds is 6. The summed E-state index contributed by atoms with van der Waals surface area (Å²) < 4.78 is 2.20. The van der Waals surface area contributed by atoms with E-state index in [1.807, 2.05) is 19.9 Å². The third-order valence-corrected chi connectivity index (χ3v) is 6.00. The lowest BCUT2D eigenvalue weighted by Crippen LogP contribution is -2.19. The number of benzene rings is 1. The first-order valence-corrected chi connectivity index (χ1v) is 11.6. The van der Waals surface area contributed by atoms with E-state index in [1.165, 1.54) is 17.3 Å². The summed E-state index contributed by atoms with van der Waals surface area (Å²) in [7, 11) is 0. The minimum Gasteiger partial charge on any atom is -0.318 e. The van der Waals surface area contributed by atoms with E-state index in [4.69, 9.17) is 0 Å². The Morgan fingerprint density at radius 3 is 2.28 bits per heavy atom. The topological polar surface area (TPSA) is 72.2 Å². The fourth-order valence-corrected chi connectivity index (χ4v) is 4.26. The Morgan fingerprint density at radius 2 is 1.69 bits per heavy atom. The van der Waals surface area contributed by atoms with Crippen molar-refractivity contribution in [2.24, 2.45) is 5.10 Å². The molecule has 0 spiro atoms. The Balaban J connectivity index is 1.64. The van der Waals surface area contributed by atoms with Crippen molar-refractivity contribution in [2.45, 2.75) is 59.0 Å². The summed E-state index contributed by atoms with van der Waals surface area (Å²) in [5.74, 6) is 0.0138. The molecule has 1 N–H and O–H groups in total. The summed E-state index contributed by atoms with van der Waals surface area (Å²) in [6.45, 7) is 14.6. The largest absolute Gasteiger partial charge is 0.318 e. The molecule has 0 unspecified atom stereocenters. The number of hydrogen-bond donors (Lipinski definition) is 1. The van der Waals surface area contributed by atoms with Crippen LogP contribution in [0.5, 0.6) is 0 Å². The maximum absolute atomic E-state index is 12.2. The van der Waals surface area contributed by atoms with Crippen LogP contribution in [0.15, 0.2) is 46.7 Å². The summed E-state index contributed by atoms with van der Waals surface area (Å²) in [6, 6.07) is 12.6. The predicted octanol–water partition coefficient (Wildman–Crippen LogP) is 5.04. The molecule has 0 aliphatic heterocycles. The second-order valence-corrected chi connectivity index (χ2v) is 9.92. The van der Waals surface area contributed by atoms with Crippen molar-refractivity contribution in [3.05, 3.63) is 70.3 Å². The van der Waals surface area contributed by atoms with Gasteiger partial charge in [-0.3, -0.25) is 4.79 Å². The van der Waals surface area contributed by atoms with Gasteiger partial charge in [-0.15, -0.1) is 0 Å². The standard InChI is InChI=1S/C25H31N5OS/c1-16-12-17(2)28-24(27-16)32-15-23(31)29-26-14-20-13-18(3)30(19(20)4)22-10-8-21(9-11-22)25(5,6)7/h8-14H,15H2,1-7H3,(H,29,31)/b26-14-. The van der Waals surface area contributed by atoms with E-state index in [2.05, 4.69) is 90.0 Å². The van der Waals surface area contributed by atoms with Gasteiger partial charge in [0.2, 0.25) is 0 Å². The van der Waals surface area contributed by atoms with Crippen LogP contribution in [0.25, 0.3) is 5.69 Å². The van der Waals surface area contributed by atoms with E-state index >= 15 is 0 Å². The number of nitrogens with zero attached hydrogens (tertiary/aromatic N) is 4. The molecule has 6 nitrogen and oxygen atoms in total. The van der Waals surface area contributed by atoms with E-state index < -0.39 is 0 Å². The number of carbonyl (C=O) groups is 1. The number of amides is 1. The molecule has 1 aromatic carbocycles. The molecule has 0 aliphatic rings. The van der Waals surface area contributed by atoms with E-state index in [9.17, 15) is 4.79 Å². The van der Waals surface area contributed by atoms with Crippen LogP contribution in [0.4, 0.5) is 0 Å². The minimum atomic E-state index is -0.194. The van der Waals surface area contributed by atoms with E-state index in [1.54, 1.807) is 6.21 Å². The highest BCUT2D eigenvalue weighted by atomic mass is 32.2. The lowest BCUT2D eigenvalue weighted by Gasteiger charge is -2.20. The molecular weight excluding hydrogens is 418 g/mol. The molecule has 0 radical (unpaired) electrons. The van der Waals surface area contributed by atoms with Crippen LogP contribution in [-0.2, 0) is 10.2 Å². The maximum Gasteiger partial charge on any atom is 0.250 e. The van der Waals surface area contributed by atoms with Gasteiger partial charge in [0.05, 0.1) is 12.0 Å². The normalized spacial score (nSPS) is 11.8. The van der Waals surface area contributed by atoms with Gasteiger partial charge < -0.3 is 4.57 Å². The average Bonchev–Trinajstić information content (AvgIpc) is 2.98. The molecule has 3 aromatic rings. The predicted molar refractivity (Wildman–Crippen MR) is 132 cm³/mol. The van der Waals surface area contributed by atoms with Crippen LogP contribution in [0.3, 0.4) is 0 Å². The molecule has 0 fully saturated rings. The lowest BCUT2D eigenvalue weighted by atomic mass is 9.87. The summed E-state index contributed by atoms with van der Waals surface area (Å²) in [5.41, 5.74) is 10.1. The molecule has 32 heavy (non-hydrogen) atoms. The van der Waals surface area contributed by atoms with E-state index in [0.717, 1.165) is 34.0 Å². The molecule has 168 valence electrons. The smallest absolute Gasteiger partial charge is 0.250 e. The van der Waals surface area contributed by atoms with Gasteiger partial charge in [0.1, 0.15) is 0 Å². The van der Waals surface area contributed by atoms with Crippen LogP contribution < -0.4 is 5.43 Å². The van der Waals surface area contributed by atoms with Gasteiger partial charge in [0, 0.05) is 34.0 Å². The lowest BCUT2D eigenvalue weighted by molar-refractivity contribution is -0.118. The molecule has 0 saturated heterocycles. The number of hydrazone groups is 1. The molecule has 0 atom stereocenters. The number of aryl methyl sites for hydroxylation is 3. The van der Waals surface area contributed by atoms with Crippen LogP contribution in [0.1, 0.15) is 54.7 Å². The highest BCUT2D eigenvalue weighted by Crippen LogP contribution is 2.25. The van der Waals surface area contributed by atoms with Crippen LogP contribution in [-0.4, -0.2) is 32.4 Å². The summed E-state index contributed by atoms with van der Waals surface area (Å²) in [4.78, 5) is 20.8. The highest BCUT2D eigenvalue weighted by molar-refractivity contribution is 7.99. The molecular formula is C25H31N5OS. The molecule has 0 saturated carbocycles. The van der Waals surface area contributed by atoms with Crippen molar-refractivity contribution in [3.63, 3.8) is 0 Å². The number of nitrogens with one attached hydrogen (secondary N) is 1. The number of thioether (sulfide) groups is 1. The zero-order valence-corrected chi connectivity index (χ0v) is 20.7. The van der Waals surface area contributed by atoms with Crippen LogP contribution >= 0.6 is 11.8 Å². The first kappa shape index (κ1) is 23.7. The number of hydrogen-bond acceptors (Lipinski definition) is 5. The number of aromatic nitrogens is 3. The summed E-state index contributed by atoms with van der Waals surface area (Å²) >= 11 is 1.30. The second-order valence-electron chi connectivity index (χ2n) is 8.97. The van der Waals surface area contributed by atoms with Gasteiger partial charge in [-0.2, -0.15) is 5.10 Å². The zero-order chi connectivity index (χ0) is 23.5. The fraction of sp³-hybridized carbons (Fsp3) is 0.360. The maximum atomic E-state index is 12.2. The number of carbonyl (C=O) groups excluding carboxylic acids is 1. The Hall–Kier alpha value is -2.93. The molecule has 2 aromatic heterocycles. The average molecular weight is 450 g/mol. The quantitative estimate of drug-likeness (QED) is 0.248. The van der Waals surface area contributed by atoms with E-state index in [-0.39, 0.29) is 17.1 Å². The van der Waals surface area contributed by atoms with Gasteiger partial charge in [0.25, 0.3) is 5.91 Å². The van der Waals surface area contributed by atoms with Crippen molar-refractivity contribution in [2.75, 3.05) is 5.75 Å². The summed E-state index contributed by atoms with van der Waals surface area (Å²) in [5, 5.41) is 4.75. The Kier molecular flexibility index (Phi) is 7.19. The second kappa shape index (κ2) is 9.69. The first-order chi connectivity index (χ1) is 15.0. The van der Waals surface area contributed by atoms with Gasteiger partial charge in [-0.05, 0) is 62.9 Å². The Morgan fingerprint density at radius 1 is 1.06 bits per heavy atom. The van der Waals surface area contributed by atoms with E-state index in [0.29, 0.717) is 5.16 Å². The monoisotopic (exact) mass is 449 g/mol. The van der Waals surface area contributed by atoms with Crippen LogP contribution in [0, 0.1) is 27.7 Å². The van der Waals surface area contributed by atoms with Crippen LogP contribution in [0.2, 0.25) is 0 Å². The third kappa shape index (κ3) is 5.85. The SMILES string of the molecule is Cc1cc(C)nc(SCC(=O)N/N=C\c2cc(C)n(-c3ccc(C(C)(C)C)cc3)c2C)n1.